The van der Waals surface area contributed by atoms with E-state index in [9.17, 15) is 0 Å². The summed E-state index contributed by atoms with van der Waals surface area (Å²) in [7, 11) is 0. The molecule has 1 heterocycles. The number of rotatable bonds is 2. The molecule has 0 aliphatic rings. The van der Waals surface area contributed by atoms with Gasteiger partial charge in [-0.25, -0.2) is 0 Å². The number of aryl methyl sites for hydroxylation is 1. The number of thiophene rings is 1. The summed E-state index contributed by atoms with van der Waals surface area (Å²) in [6, 6.07) is 0. The first-order valence-electron chi connectivity index (χ1n) is 2.97. The van der Waals surface area contributed by atoms with Crippen LogP contribution in [0.1, 0.15) is 11.1 Å². The quantitative estimate of drug-likeness (QED) is 0.576. The second-order valence-corrected chi connectivity index (χ2v) is 2.86. The third kappa shape index (κ3) is 1.02. The molecule has 0 fully saturated rings. The number of aliphatic imine (C=N–C) groups is 1. The van der Waals surface area contributed by atoms with Crippen LogP contribution in [-0.2, 0) is 0 Å². The minimum Gasteiger partial charge on any atom is -0.253 e. The second kappa shape index (κ2) is 2.80. The van der Waals surface area contributed by atoms with Gasteiger partial charge in [-0.2, -0.15) is 0 Å². The normalized spacial score (nSPS) is 9.30. The summed E-state index contributed by atoms with van der Waals surface area (Å²) in [5, 5.41) is 3.02. The zero-order valence-electron chi connectivity index (χ0n) is 5.92. The van der Waals surface area contributed by atoms with Crippen molar-refractivity contribution < 1.29 is 0 Å². The molecule has 0 saturated carbocycles. The Kier molecular flexibility index (Phi) is 2.02. The van der Waals surface area contributed by atoms with Crippen molar-refractivity contribution in [2.45, 2.75) is 6.92 Å². The maximum Gasteiger partial charge on any atom is 0.122 e. The zero-order valence-corrected chi connectivity index (χ0v) is 6.74. The van der Waals surface area contributed by atoms with E-state index in [2.05, 4.69) is 23.7 Å². The first-order chi connectivity index (χ1) is 4.79. The molecular formula is C8H9NS. The fourth-order valence-electron chi connectivity index (χ4n) is 0.811. The van der Waals surface area contributed by atoms with Crippen molar-refractivity contribution in [3.05, 3.63) is 23.1 Å². The summed E-state index contributed by atoms with van der Waals surface area (Å²) in [6.45, 7) is 9.20. The van der Waals surface area contributed by atoms with Gasteiger partial charge in [-0.15, -0.1) is 11.3 Å². The highest BCUT2D eigenvalue weighted by molar-refractivity contribution is 7.14. The van der Waals surface area contributed by atoms with Crippen molar-refractivity contribution in [3.8, 4) is 0 Å². The van der Waals surface area contributed by atoms with Gasteiger partial charge in [-0.3, -0.25) is 4.99 Å². The molecule has 0 radical (unpaired) electrons. The van der Waals surface area contributed by atoms with Crippen molar-refractivity contribution in [1.29, 1.82) is 0 Å². The van der Waals surface area contributed by atoms with Crippen molar-refractivity contribution in [2.75, 3.05) is 0 Å². The third-order valence-electron chi connectivity index (χ3n) is 1.35. The van der Waals surface area contributed by atoms with Gasteiger partial charge in [0.05, 0.1) is 0 Å². The maximum atomic E-state index is 3.86. The average molecular weight is 151 g/mol. The fraction of sp³-hybridized carbons (Fsp3) is 0.125. The smallest absolute Gasteiger partial charge is 0.122 e. The molecule has 1 rings (SSSR count). The zero-order chi connectivity index (χ0) is 7.56. The van der Waals surface area contributed by atoms with Crippen molar-refractivity contribution in [3.63, 3.8) is 0 Å². The Morgan fingerprint density at radius 1 is 1.70 bits per heavy atom. The molecule has 0 aliphatic carbocycles. The van der Waals surface area contributed by atoms with E-state index in [0.29, 0.717) is 0 Å². The monoisotopic (exact) mass is 151 g/mol. The fourth-order valence-corrected chi connectivity index (χ4v) is 1.67. The molecular weight excluding hydrogens is 142 g/mol. The van der Waals surface area contributed by atoms with Crippen LogP contribution in [0.2, 0.25) is 0 Å². The lowest BCUT2D eigenvalue weighted by Gasteiger charge is -1.89. The van der Waals surface area contributed by atoms with Gasteiger partial charge < -0.3 is 0 Å². The van der Waals surface area contributed by atoms with Crippen LogP contribution in [0, 0.1) is 6.92 Å². The first kappa shape index (κ1) is 7.22. The van der Waals surface area contributed by atoms with E-state index >= 15 is 0 Å². The Balaban J connectivity index is 3.25. The van der Waals surface area contributed by atoms with E-state index in [0.717, 1.165) is 10.6 Å². The molecule has 52 valence electrons. The second-order valence-electron chi connectivity index (χ2n) is 2.00. The van der Waals surface area contributed by atoms with Crippen molar-refractivity contribution in [2.24, 2.45) is 4.99 Å². The van der Waals surface area contributed by atoms with E-state index < -0.39 is 0 Å². The highest BCUT2D eigenvalue weighted by Gasteiger charge is 2.01. The summed E-state index contributed by atoms with van der Waals surface area (Å²) in [5.74, 6) is 0. The summed E-state index contributed by atoms with van der Waals surface area (Å²) < 4.78 is 0. The van der Waals surface area contributed by atoms with Crippen LogP contribution in [0.5, 0.6) is 0 Å². The van der Waals surface area contributed by atoms with Crippen LogP contribution >= 0.6 is 11.3 Å². The third-order valence-corrected chi connectivity index (χ3v) is 2.39. The van der Waals surface area contributed by atoms with E-state index in [1.807, 2.05) is 13.0 Å². The molecule has 0 N–H and O–H groups in total. The lowest BCUT2D eigenvalue weighted by Crippen LogP contribution is -1.68. The van der Waals surface area contributed by atoms with Gasteiger partial charge in [-0.05, 0) is 24.6 Å². The minimum absolute atomic E-state index is 0.965. The molecule has 0 atom stereocenters. The van der Waals surface area contributed by atoms with Gasteiger partial charge in [0.1, 0.15) is 5.00 Å². The van der Waals surface area contributed by atoms with Crippen molar-refractivity contribution >= 4 is 29.1 Å². The van der Waals surface area contributed by atoms with Gasteiger partial charge in [0.15, 0.2) is 0 Å². The van der Waals surface area contributed by atoms with Crippen LogP contribution in [0.15, 0.2) is 17.0 Å². The Labute approximate surface area is 64.7 Å². The average Bonchev–Trinajstić information content (AvgIpc) is 2.30. The Morgan fingerprint density at radius 3 is 2.80 bits per heavy atom. The number of nitrogens with zero attached hydrogens (tertiary/aromatic N) is 1. The predicted octanol–water partition coefficient (Wildman–Crippen LogP) is 3.03. The largest absolute Gasteiger partial charge is 0.253 e. The molecule has 0 aliphatic heterocycles. The molecule has 10 heavy (non-hydrogen) atoms. The molecule has 0 unspecified atom stereocenters. The summed E-state index contributed by atoms with van der Waals surface area (Å²) >= 11 is 1.60. The molecule has 0 amide bonds. The molecule has 2 heteroatoms. The van der Waals surface area contributed by atoms with Crippen molar-refractivity contribution in [1.82, 2.24) is 0 Å². The molecule has 1 aromatic heterocycles. The number of hydrogen-bond acceptors (Lipinski definition) is 2. The van der Waals surface area contributed by atoms with E-state index in [1.54, 1.807) is 11.3 Å². The van der Waals surface area contributed by atoms with Gasteiger partial charge in [0.25, 0.3) is 0 Å². The Hall–Kier alpha value is -0.890. The van der Waals surface area contributed by atoms with Gasteiger partial charge in [-0.1, -0.05) is 12.7 Å². The molecule has 1 nitrogen and oxygen atoms in total. The number of hydrogen-bond donors (Lipinski definition) is 0. The standard InChI is InChI=1S/C8H9NS/c1-4-7-6(2)5-10-8(7)9-3/h4-5H,1,3H2,2H3. The van der Waals surface area contributed by atoms with E-state index in [-0.39, 0.29) is 0 Å². The Bertz CT molecular complexity index is 260. The highest BCUT2D eigenvalue weighted by Crippen LogP contribution is 2.30. The van der Waals surface area contributed by atoms with Crippen LogP contribution in [0.3, 0.4) is 0 Å². The lowest BCUT2D eigenvalue weighted by molar-refractivity contribution is 1.50. The lowest BCUT2D eigenvalue weighted by atomic mass is 10.2. The molecule has 1 aromatic rings. The van der Waals surface area contributed by atoms with Crippen LogP contribution < -0.4 is 0 Å². The first-order valence-corrected chi connectivity index (χ1v) is 3.84. The summed E-state index contributed by atoms with van der Waals surface area (Å²) in [4.78, 5) is 3.86. The summed E-state index contributed by atoms with van der Waals surface area (Å²) in [6.07, 6.45) is 1.82. The molecule has 0 spiro atoms. The van der Waals surface area contributed by atoms with E-state index in [4.69, 9.17) is 0 Å². The highest BCUT2D eigenvalue weighted by atomic mass is 32.1. The van der Waals surface area contributed by atoms with E-state index in [1.165, 1.54) is 5.56 Å². The van der Waals surface area contributed by atoms with Gasteiger partial charge in [0.2, 0.25) is 0 Å². The van der Waals surface area contributed by atoms with Gasteiger partial charge >= 0.3 is 0 Å². The molecule has 0 saturated heterocycles. The van der Waals surface area contributed by atoms with Gasteiger partial charge in [0, 0.05) is 5.56 Å². The predicted molar refractivity (Wildman–Crippen MR) is 48.4 cm³/mol. The SMILES string of the molecule is C=Cc1c(C)csc1N=C. The topological polar surface area (TPSA) is 12.4 Å². The minimum atomic E-state index is 0.965. The maximum absolute atomic E-state index is 3.86. The molecule has 0 aromatic carbocycles. The van der Waals surface area contributed by atoms with Crippen LogP contribution in [0.25, 0.3) is 6.08 Å². The Morgan fingerprint density at radius 2 is 2.40 bits per heavy atom. The van der Waals surface area contributed by atoms with Crippen LogP contribution in [-0.4, -0.2) is 6.72 Å². The molecule has 0 bridgehead atoms. The van der Waals surface area contributed by atoms with Crippen LogP contribution in [0.4, 0.5) is 5.00 Å². The summed E-state index contributed by atoms with van der Waals surface area (Å²) in [5.41, 5.74) is 2.34.